The molecule has 0 bridgehead atoms. The Morgan fingerprint density at radius 2 is 2.00 bits per heavy atom. The van der Waals surface area contributed by atoms with Gasteiger partial charge >= 0.3 is 0 Å². The fourth-order valence-electron chi connectivity index (χ4n) is 0.863. The third kappa shape index (κ3) is 2.34. The van der Waals surface area contributed by atoms with E-state index in [-0.39, 0.29) is 6.54 Å². The van der Waals surface area contributed by atoms with E-state index < -0.39 is 6.67 Å². The fourth-order valence-corrected chi connectivity index (χ4v) is 0.863. The standard InChI is InChI=1S/C9H11FN2/c10-6-7-12-9(11)8-4-2-1-3-5-8/h1-5H,6-7H2,(H2,11,12). The lowest BCUT2D eigenvalue weighted by atomic mass is 10.2. The molecule has 0 atom stereocenters. The zero-order chi connectivity index (χ0) is 8.81. The Morgan fingerprint density at radius 1 is 1.33 bits per heavy atom. The van der Waals surface area contributed by atoms with Crippen LogP contribution >= 0.6 is 0 Å². The molecule has 1 aromatic carbocycles. The maximum absolute atomic E-state index is 11.7. The maximum atomic E-state index is 11.7. The summed E-state index contributed by atoms with van der Waals surface area (Å²) in [7, 11) is 0. The number of hydrogen-bond donors (Lipinski definition) is 1. The summed E-state index contributed by atoms with van der Waals surface area (Å²) >= 11 is 0. The highest BCUT2D eigenvalue weighted by Crippen LogP contribution is 1.97. The van der Waals surface area contributed by atoms with Crippen molar-refractivity contribution in [2.24, 2.45) is 10.7 Å². The third-order valence-corrected chi connectivity index (χ3v) is 1.44. The molecule has 0 unspecified atom stereocenters. The molecular weight excluding hydrogens is 155 g/mol. The Labute approximate surface area is 70.9 Å². The van der Waals surface area contributed by atoms with Crippen LogP contribution in [0.15, 0.2) is 35.3 Å². The average molecular weight is 166 g/mol. The van der Waals surface area contributed by atoms with Crippen molar-refractivity contribution in [3.05, 3.63) is 35.9 Å². The molecule has 0 heterocycles. The smallest absolute Gasteiger partial charge is 0.125 e. The highest BCUT2D eigenvalue weighted by molar-refractivity contribution is 5.97. The monoisotopic (exact) mass is 166 g/mol. The van der Waals surface area contributed by atoms with Gasteiger partial charge in [0.05, 0.1) is 6.54 Å². The van der Waals surface area contributed by atoms with Gasteiger partial charge in [0.15, 0.2) is 0 Å². The van der Waals surface area contributed by atoms with Crippen molar-refractivity contribution in [2.45, 2.75) is 0 Å². The van der Waals surface area contributed by atoms with Crippen LogP contribution in [-0.4, -0.2) is 19.1 Å². The van der Waals surface area contributed by atoms with Crippen LogP contribution in [0.2, 0.25) is 0 Å². The molecule has 2 N–H and O–H groups in total. The molecule has 1 aromatic rings. The molecule has 2 nitrogen and oxygen atoms in total. The SMILES string of the molecule is NC(=NCCF)c1ccccc1. The van der Waals surface area contributed by atoms with E-state index >= 15 is 0 Å². The zero-order valence-electron chi connectivity index (χ0n) is 6.70. The highest BCUT2D eigenvalue weighted by Gasteiger charge is 1.94. The molecule has 1 rings (SSSR count). The summed E-state index contributed by atoms with van der Waals surface area (Å²) in [6, 6.07) is 9.32. The Balaban J connectivity index is 2.71. The van der Waals surface area contributed by atoms with E-state index in [2.05, 4.69) is 4.99 Å². The van der Waals surface area contributed by atoms with Crippen LogP contribution in [0.4, 0.5) is 4.39 Å². The fraction of sp³-hybridized carbons (Fsp3) is 0.222. The number of hydrogen-bond acceptors (Lipinski definition) is 1. The first-order valence-electron chi connectivity index (χ1n) is 3.76. The molecule has 0 saturated carbocycles. The molecule has 0 spiro atoms. The molecule has 0 fully saturated rings. The largest absolute Gasteiger partial charge is 0.384 e. The van der Waals surface area contributed by atoms with Crippen molar-refractivity contribution in [3.63, 3.8) is 0 Å². The predicted molar refractivity (Wildman–Crippen MR) is 48.0 cm³/mol. The van der Waals surface area contributed by atoms with E-state index in [0.29, 0.717) is 5.84 Å². The lowest BCUT2D eigenvalue weighted by molar-refractivity contribution is 0.505. The second-order valence-corrected chi connectivity index (χ2v) is 2.32. The molecular formula is C9H11FN2. The van der Waals surface area contributed by atoms with Crippen LogP contribution in [0.5, 0.6) is 0 Å². The van der Waals surface area contributed by atoms with Gasteiger partial charge in [-0.05, 0) is 0 Å². The molecule has 12 heavy (non-hydrogen) atoms. The first-order valence-corrected chi connectivity index (χ1v) is 3.76. The van der Waals surface area contributed by atoms with Crippen molar-refractivity contribution >= 4 is 5.84 Å². The summed E-state index contributed by atoms with van der Waals surface area (Å²) in [5.41, 5.74) is 6.40. The second kappa shape index (κ2) is 4.49. The Kier molecular flexibility index (Phi) is 3.26. The van der Waals surface area contributed by atoms with Gasteiger partial charge in [-0.3, -0.25) is 4.99 Å². The Morgan fingerprint density at radius 3 is 2.58 bits per heavy atom. The van der Waals surface area contributed by atoms with Gasteiger partial charge in [0.1, 0.15) is 12.5 Å². The van der Waals surface area contributed by atoms with Gasteiger partial charge in [-0.2, -0.15) is 0 Å². The van der Waals surface area contributed by atoms with Crippen molar-refractivity contribution in [1.29, 1.82) is 0 Å². The van der Waals surface area contributed by atoms with Gasteiger partial charge in [-0.1, -0.05) is 30.3 Å². The maximum Gasteiger partial charge on any atom is 0.125 e. The molecule has 0 saturated heterocycles. The summed E-state index contributed by atoms with van der Waals surface area (Å²) in [6.07, 6.45) is 0. The van der Waals surface area contributed by atoms with E-state index in [9.17, 15) is 4.39 Å². The molecule has 0 aliphatic heterocycles. The number of rotatable bonds is 3. The van der Waals surface area contributed by atoms with Gasteiger partial charge in [0.25, 0.3) is 0 Å². The number of amidine groups is 1. The first kappa shape index (κ1) is 8.71. The van der Waals surface area contributed by atoms with Gasteiger partial charge in [0, 0.05) is 5.56 Å². The van der Waals surface area contributed by atoms with Gasteiger partial charge in [0.2, 0.25) is 0 Å². The number of nitrogens with zero attached hydrogens (tertiary/aromatic N) is 1. The number of halogens is 1. The van der Waals surface area contributed by atoms with Crippen molar-refractivity contribution in [3.8, 4) is 0 Å². The van der Waals surface area contributed by atoms with E-state index in [1.807, 2.05) is 30.3 Å². The normalized spacial score (nSPS) is 11.6. The van der Waals surface area contributed by atoms with Crippen LogP contribution in [-0.2, 0) is 0 Å². The minimum absolute atomic E-state index is 0.140. The van der Waals surface area contributed by atoms with E-state index in [0.717, 1.165) is 5.56 Å². The van der Waals surface area contributed by atoms with Crippen LogP contribution in [0, 0.1) is 0 Å². The summed E-state index contributed by atoms with van der Waals surface area (Å²) in [4.78, 5) is 3.83. The second-order valence-electron chi connectivity index (χ2n) is 2.32. The Hall–Kier alpha value is -1.38. The third-order valence-electron chi connectivity index (χ3n) is 1.44. The lowest BCUT2D eigenvalue weighted by Crippen LogP contribution is -2.13. The number of aliphatic imine (C=N–C) groups is 1. The topological polar surface area (TPSA) is 38.4 Å². The molecule has 0 aromatic heterocycles. The van der Waals surface area contributed by atoms with E-state index in [1.165, 1.54) is 0 Å². The number of alkyl halides is 1. The summed E-state index contributed by atoms with van der Waals surface area (Å²) in [6.45, 7) is -0.325. The lowest BCUT2D eigenvalue weighted by Gasteiger charge is -1.98. The molecule has 0 radical (unpaired) electrons. The van der Waals surface area contributed by atoms with E-state index in [1.54, 1.807) is 0 Å². The highest BCUT2D eigenvalue weighted by atomic mass is 19.1. The van der Waals surface area contributed by atoms with Crippen LogP contribution < -0.4 is 5.73 Å². The van der Waals surface area contributed by atoms with E-state index in [4.69, 9.17) is 5.73 Å². The summed E-state index contributed by atoms with van der Waals surface area (Å²) < 4.78 is 11.7. The van der Waals surface area contributed by atoms with Gasteiger partial charge in [-0.25, -0.2) is 4.39 Å². The Bertz CT molecular complexity index is 256. The minimum atomic E-state index is -0.465. The van der Waals surface area contributed by atoms with Crippen LogP contribution in [0.3, 0.4) is 0 Å². The first-order chi connectivity index (χ1) is 5.84. The van der Waals surface area contributed by atoms with Gasteiger partial charge in [-0.15, -0.1) is 0 Å². The van der Waals surface area contributed by atoms with Crippen molar-refractivity contribution in [1.82, 2.24) is 0 Å². The number of benzene rings is 1. The van der Waals surface area contributed by atoms with Gasteiger partial charge < -0.3 is 5.73 Å². The average Bonchev–Trinajstić information content (AvgIpc) is 2.15. The molecule has 0 amide bonds. The number of nitrogens with two attached hydrogens (primary N) is 1. The molecule has 0 aliphatic rings. The molecule has 3 heteroatoms. The minimum Gasteiger partial charge on any atom is -0.384 e. The van der Waals surface area contributed by atoms with Crippen LogP contribution in [0.1, 0.15) is 5.56 Å². The zero-order valence-corrected chi connectivity index (χ0v) is 6.70. The molecule has 64 valence electrons. The van der Waals surface area contributed by atoms with Crippen molar-refractivity contribution < 1.29 is 4.39 Å². The van der Waals surface area contributed by atoms with Crippen LogP contribution in [0.25, 0.3) is 0 Å². The summed E-state index contributed by atoms with van der Waals surface area (Å²) in [5, 5.41) is 0. The molecule has 0 aliphatic carbocycles. The predicted octanol–water partition coefficient (Wildman–Crippen LogP) is 1.36. The van der Waals surface area contributed by atoms with Crippen molar-refractivity contribution in [2.75, 3.05) is 13.2 Å². The summed E-state index contributed by atoms with van der Waals surface area (Å²) in [5.74, 6) is 0.397. The quantitative estimate of drug-likeness (QED) is 0.534.